The van der Waals surface area contributed by atoms with Gasteiger partial charge in [-0.25, -0.2) is 0 Å². The van der Waals surface area contributed by atoms with Crippen molar-refractivity contribution < 1.29 is 0 Å². The fourth-order valence-corrected chi connectivity index (χ4v) is 3.32. The summed E-state index contributed by atoms with van der Waals surface area (Å²) in [5.74, 6) is 1.31. The predicted molar refractivity (Wildman–Crippen MR) is 65.6 cm³/mol. The molecule has 0 saturated carbocycles. The number of nitrogens with zero attached hydrogens (tertiary/aromatic N) is 3. The van der Waals surface area contributed by atoms with Gasteiger partial charge >= 0.3 is 0 Å². The highest BCUT2D eigenvalue weighted by Gasteiger charge is 2.20. The molecule has 0 aromatic carbocycles. The largest absolute Gasteiger partial charge is 0.349 e. The van der Waals surface area contributed by atoms with Crippen LogP contribution in [0.15, 0.2) is 4.79 Å². The van der Waals surface area contributed by atoms with Gasteiger partial charge in [-0.05, 0) is 10.3 Å². The number of aromatic nitrogens is 1. The minimum Gasteiger partial charge on any atom is -0.349 e. The average Bonchev–Trinajstić information content (AvgIpc) is 2.66. The van der Waals surface area contributed by atoms with Gasteiger partial charge in [0, 0.05) is 49.1 Å². The number of piperazine rings is 1. The highest BCUT2D eigenvalue weighted by atomic mass is 35.5. The molecule has 2 heterocycles. The van der Waals surface area contributed by atoms with E-state index in [1.165, 1.54) is 20.9 Å². The monoisotopic (exact) mass is 265 g/mol. The first-order valence-corrected chi connectivity index (χ1v) is 7.44. The Hall–Kier alpha value is -0.170. The van der Waals surface area contributed by atoms with Gasteiger partial charge in [-0.2, -0.15) is 4.37 Å². The minimum absolute atomic E-state index is 0.0887. The summed E-state index contributed by atoms with van der Waals surface area (Å²) in [6.07, 6.45) is 0. The van der Waals surface area contributed by atoms with Gasteiger partial charge in [0.05, 0.1) is 0 Å². The number of alkyl halides is 1. The van der Waals surface area contributed by atoms with Crippen molar-refractivity contribution in [3.05, 3.63) is 9.54 Å². The Morgan fingerprint density at radius 1 is 1.33 bits per heavy atom. The predicted octanol–water partition coefficient (Wildman–Crippen LogP) is 0.926. The van der Waals surface area contributed by atoms with Crippen molar-refractivity contribution in [3.63, 3.8) is 0 Å². The summed E-state index contributed by atoms with van der Waals surface area (Å²) in [5, 5.41) is 0. The van der Waals surface area contributed by atoms with E-state index in [9.17, 15) is 4.79 Å². The minimum atomic E-state index is 0.0887. The van der Waals surface area contributed by atoms with Gasteiger partial charge in [0.15, 0.2) is 0 Å². The molecule has 0 N–H and O–H groups in total. The summed E-state index contributed by atoms with van der Waals surface area (Å²) in [7, 11) is 2.48. The molecule has 0 unspecified atom stereocenters. The normalized spacial score (nSPS) is 18.3. The average molecular weight is 266 g/mol. The third-order valence-electron chi connectivity index (χ3n) is 2.49. The Labute approximate surface area is 101 Å². The van der Waals surface area contributed by atoms with Crippen LogP contribution in [0.3, 0.4) is 0 Å². The number of hydrogen-bond acceptors (Lipinski definition) is 6. The standard InChI is InChI=1S/C8H12ClN3OS2/c9-1-2-11-3-5-12(6-4-11)7-8(13)14-15-10-7/h1-6H2. The Bertz CT molecular complexity index is 359. The Morgan fingerprint density at radius 3 is 2.60 bits per heavy atom. The van der Waals surface area contributed by atoms with Crippen LogP contribution in [0.2, 0.25) is 0 Å². The summed E-state index contributed by atoms with van der Waals surface area (Å²) < 4.78 is 4.23. The molecule has 1 fully saturated rings. The van der Waals surface area contributed by atoms with Crippen molar-refractivity contribution in [2.24, 2.45) is 0 Å². The molecule has 1 aromatic rings. The lowest BCUT2D eigenvalue weighted by molar-refractivity contribution is 0.272. The third kappa shape index (κ3) is 2.69. The van der Waals surface area contributed by atoms with Crippen LogP contribution in [-0.4, -0.2) is 47.9 Å². The first kappa shape index (κ1) is 11.3. The van der Waals surface area contributed by atoms with Crippen LogP contribution in [0.25, 0.3) is 0 Å². The van der Waals surface area contributed by atoms with Crippen molar-refractivity contribution in [3.8, 4) is 0 Å². The zero-order chi connectivity index (χ0) is 10.7. The van der Waals surface area contributed by atoms with Crippen LogP contribution in [0.1, 0.15) is 0 Å². The van der Waals surface area contributed by atoms with Crippen LogP contribution in [0.4, 0.5) is 5.82 Å². The summed E-state index contributed by atoms with van der Waals surface area (Å²) in [6.45, 7) is 4.62. The van der Waals surface area contributed by atoms with Crippen molar-refractivity contribution in [2.45, 2.75) is 0 Å². The molecule has 0 amide bonds. The van der Waals surface area contributed by atoms with Crippen LogP contribution in [-0.2, 0) is 0 Å². The van der Waals surface area contributed by atoms with E-state index >= 15 is 0 Å². The van der Waals surface area contributed by atoms with Crippen molar-refractivity contribution in [1.82, 2.24) is 9.27 Å². The Kier molecular flexibility index (Phi) is 3.96. The number of hydrogen-bond donors (Lipinski definition) is 0. The first-order chi connectivity index (χ1) is 7.31. The van der Waals surface area contributed by atoms with Gasteiger partial charge < -0.3 is 4.90 Å². The van der Waals surface area contributed by atoms with Crippen LogP contribution in [0.5, 0.6) is 0 Å². The Balaban J connectivity index is 1.94. The second-order valence-corrected chi connectivity index (χ2v) is 5.57. The summed E-state index contributed by atoms with van der Waals surface area (Å²) in [6, 6.07) is 0. The van der Waals surface area contributed by atoms with Crippen molar-refractivity contribution >= 4 is 38.3 Å². The smallest absolute Gasteiger partial charge is 0.286 e. The van der Waals surface area contributed by atoms with Crippen molar-refractivity contribution in [1.29, 1.82) is 0 Å². The van der Waals surface area contributed by atoms with Gasteiger partial charge in [0.1, 0.15) is 0 Å². The summed E-state index contributed by atoms with van der Waals surface area (Å²) in [4.78, 5) is 15.8. The maximum Gasteiger partial charge on any atom is 0.286 e. The molecule has 1 aliphatic heterocycles. The van der Waals surface area contributed by atoms with E-state index in [-0.39, 0.29) is 4.74 Å². The lowest BCUT2D eigenvalue weighted by Gasteiger charge is -2.33. The second-order valence-electron chi connectivity index (χ2n) is 3.38. The number of rotatable bonds is 3. The molecule has 7 heteroatoms. The molecular weight excluding hydrogens is 254 g/mol. The van der Waals surface area contributed by atoms with Gasteiger partial charge in [0.25, 0.3) is 4.74 Å². The fraction of sp³-hybridized carbons (Fsp3) is 0.750. The second kappa shape index (κ2) is 5.25. The van der Waals surface area contributed by atoms with E-state index in [1.807, 2.05) is 0 Å². The maximum absolute atomic E-state index is 11.4. The van der Waals surface area contributed by atoms with Crippen LogP contribution >= 0.6 is 32.5 Å². The lowest BCUT2D eigenvalue weighted by Crippen LogP contribution is -2.48. The quantitative estimate of drug-likeness (QED) is 0.602. The summed E-state index contributed by atoms with van der Waals surface area (Å²) in [5.41, 5.74) is 0. The van der Waals surface area contributed by atoms with Gasteiger partial charge in [-0.3, -0.25) is 9.69 Å². The molecule has 4 nitrogen and oxygen atoms in total. The molecule has 1 aromatic heterocycles. The van der Waals surface area contributed by atoms with Gasteiger partial charge in [-0.1, -0.05) is 0 Å². The van der Waals surface area contributed by atoms with E-state index in [2.05, 4.69) is 14.2 Å². The van der Waals surface area contributed by atoms with E-state index in [1.54, 1.807) is 0 Å². The molecule has 0 radical (unpaired) electrons. The molecule has 1 saturated heterocycles. The van der Waals surface area contributed by atoms with E-state index in [0.717, 1.165) is 32.7 Å². The fourth-order valence-electron chi connectivity index (χ4n) is 1.65. The maximum atomic E-state index is 11.4. The molecule has 0 aliphatic carbocycles. The molecule has 15 heavy (non-hydrogen) atoms. The van der Waals surface area contributed by atoms with E-state index in [0.29, 0.717) is 11.7 Å². The molecule has 0 spiro atoms. The summed E-state index contributed by atoms with van der Waals surface area (Å²) >= 11 is 5.68. The Morgan fingerprint density at radius 2 is 2.07 bits per heavy atom. The number of halogens is 1. The topological polar surface area (TPSA) is 36.4 Å². The zero-order valence-corrected chi connectivity index (χ0v) is 10.6. The molecular formula is C8H12ClN3OS2. The SMILES string of the molecule is O=c1ssnc1N1CCN(CCCl)CC1. The zero-order valence-electron chi connectivity index (χ0n) is 8.19. The van der Waals surface area contributed by atoms with Crippen LogP contribution in [0, 0.1) is 0 Å². The molecule has 2 rings (SSSR count). The van der Waals surface area contributed by atoms with E-state index in [4.69, 9.17) is 11.6 Å². The molecule has 0 atom stereocenters. The first-order valence-electron chi connectivity index (χ1n) is 4.80. The third-order valence-corrected chi connectivity index (χ3v) is 4.22. The molecule has 1 aliphatic rings. The lowest BCUT2D eigenvalue weighted by atomic mass is 10.3. The molecule has 0 bridgehead atoms. The van der Waals surface area contributed by atoms with Crippen LogP contribution < -0.4 is 9.64 Å². The molecule has 84 valence electrons. The van der Waals surface area contributed by atoms with Gasteiger partial charge in [-0.15, -0.1) is 11.6 Å². The van der Waals surface area contributed by atoms with E-state index < -0.39 is 0 Å². The highest BCUT2D eigenvalue weighted by Crippen LogP contribution is 2.13. The number of anilines is 1. The van der Waals surface area contributed by atoms with Crippen molar-refractivity contribution in [2.75, 3.05) is 43.5 Å². The van der Waals surface area contributed by atoms with Gasteiger partial charge in [0.2, 0.25) is 5.82 Å². The highest BCUT2D eigenvalue weighted by molar-refractivity contribution is 7.66.